The molecule has 124 valence electrons. The van der Waals surface area contributed by atoms with Gasteiger partial charge in [0.05, 0.1) is 0 Å². The Morgan fingerprint density at radius 1 is 1.26 bits per heavy atom. The summed E-state index contributed by atoms with van der Waals surface area (Å²) in [5, 5.41) is 23.8. The minimum absolute atomic E-state index is 0.0157. The number of benzene rings is 1. The van der Waals surface area contributed by atoms with E-state index >= 15 is 0 Å². The number of rotatable bonds is 4. The second-order valence-corrected chi connectivity index (χ2v) is 5.44. The Balaban J connectivity index is 2.00. The number of aliphatic carboxylic acids is 1. The third-order valence-corrected chi connectivity index (χ3v) is 3.62. The smallest absolute Gasteiger partial charge is 0.330 e. The van der Waals surface area contributed by atoms with E-state index in [1.165, 1.54) is 36.1 Å². The second kappa shape index (κ2) is 6.99. The van der Waals surface area contributed by atoms with Crippen LogP contribution in [0.4, 0.5) is 4.79 Å². The molecule has 2 atom stereocenters. The van der Waals surface area contributed by atoms with Crippen molar-refractivity contribution in [3.8, 4) is 5.75 Å². The Labute approximate surface area is 133 Å². The lowest BCUT2D eigenvalue weighted by atomic mass is 10.1. The number of amides is 3. The maximum absolute atomic E-state index is 12.2. The zero-order valence-corrected chi connectivity index (χ0v) is 12.7. The van der Waals surface area contributed by atoms with Crippen LogP contribution in [0.5, 0.6) is 5.75 Å². The number of likely N-dealkylation sites (tertiary alicyclic amines) is 1. The summed E-state index contributed by atoms with van der Waals surface area (Å²) in [6.07, 6.45) is 0.629. The van der Waals surface area contributed by atoms with Crippen molar-refractivity contribution in [2.75, 3.05) is 13.1 Å². The predicted octanol–water partition coefficient (Wildman–Crippen LogP) is 0.438. The Hall–Kier alpha value is -2.77. The summed E-state index contributed by atoms with van der Waals surface area (Å²) in [7, 11) is 0. The number of phenolic OH excluding ortho intramolecular Hbond substituents is 1. The van der Waals surface area contributed by atoms with Gasteiger partial charge in [-0.2, -0.15) is 0 Å². The molecule has 1 heterocycles. The Morgan fingerprint density at radius 2 is 1.91 bits per heavy atom. The van der Waals surface area contributed by atoms with Gasteiger partial charge < -0.3 is 25.7 Å². The lowest BCUT2D eigenvalue weighted by Gasteiger charge is -2.21. The molecule has 2 unspecified atom stereocenters. The van der Waals surface area contributed by atoms with Gasteiger partial charge in [-0.15, -0.1) is 0 Å². The van der Waals surface area contributed by atoms with E-state index in [9.17, 15) is 24.6 Å². The van der Waals surface area contributed by atoms with Crippen molar-refractivity contribution in [2.45, 2.75) is 25.4 Å². The van der Waals surface area contributed by atoms with E-state index in [2.05, 4.69) is 10.6 Å². The van der Waals surface area contributed by atoms with E-state index in [4.69, 9.17) is 0 Å². The fraction of sp³-hybridized carbons (Fsp3) is 0.400. The number of hydrogen-bond acceptors (Lipinski definition) is 4. The number of carbonyl (C=O) groups is 3. The molecule has 1 aromatic carbocycles. The Morgan fingerprint density at radius 3 is 2.48 bits per heavy atom. The number of carbonyl (C=O) groups excluding carboxylic acids is 2. The minimum atomic E-state index is -1.21. The summed E-state index contributed by atoms with van der Waals surface area (Å²) in [5.41, 5.74) is 0.362. The highest BCUT2D eigenvalue weighted by Gasteiger charge is 2.30. The van der Waals surface area contributed by atoms with E-state index in [1.54, 1.807) is 0 Å². The monoisotopic (exact) mass is 321 g/mol. The SMILES string of the molecule is CC(=O)NC1CCN(C(=O)NC(C(=O)O)c2ccc(O)cc2)C1. The number of carboxylic acids is 1. The maximum Gasteiger partial charge on any atom is 0.330 e. The third kappa shape index (κ3) is 4.35. The largest absolute Gasteiger partial charge is 0.508 e. The lowest BCUT2D eigenvalue weighted by Crippen LogP contribution is -2.44. The number of hydrogen-bond donors (Lipinski definition) is 4. The molecule has 8 heteroatoms. The van der Waals surface area contributed by atoms with Crippen LogP contribution in [0.2, 0.25) is 0 Å². The molecule has 0 spiro atoms. The summed E-state index contributed by atoms with van der Waals surface area (Å²) >= 11 is 0. The first-order valence-corrected chi connectivity index (χ1v) is 7.21. The molecule has 23 heavy (non-hydrogen) atoms. The molecule has 0 saturated carbocycles. The van der Waals surface area contributed by atoms with Crippen molar-refractivity contribution < 1.29 is 24.6 Å². The number of nitrogens with one attached hydrogen (secondary N) is 2. The van der Waals surface area contributed by atoms with Crippen LogP contribution in [0.25, 0.3) is 0 Å². The van der Waals surface area contributed by atoms with Crippen LogP contribution in [0.3, 0.4) is 0 Å². The first-order chi connectivity index (χ1) is 10.9. The molecular weight excluding hydrogens is 302 g/mol. The van der Waals surface area contributed by atoms with Gasteiger partial charge in [0.15, 0.2) is 6.04 Å². The van der Waals surface area contributed by atoms with Gasteiger partial charge in [0.1, 0.15) is 5.75 Å². The fourth-order valence-electron chi connectivity index (χ4n) is 2.52. The highest BCUT2D eigenvalue weighted by molar-refractivity contribution is 5.84. The van der Waals surface area contributed by atoms with Crippen LogP contribution >= 0.6 is 0 Å². The first kappa shape index (κ1) is 16.6. The van der Waals surface area contributed by atoms with E-state index in [0.717, 1.165) is 0 Å². The molecule has 1 aliphatic rings. The molecule has 8 nitrogen and oxygen atoms in total. The molecule has 0 aliphatic carbocycles. The summed E-state index contributed by atoms with van der Waals surface area (Å²) in [5.74, 6) is -1.34. The van der Waals surface area contributed by atoms with Crippen molar-refractivity contribution in [1.82, 2.24) is 15.5 Å². The van der Waals surface area contributed by atoms with Crippen molar-refractivity contribution in [3.63, 3.8) is 0 Å². The minimum Gasteiger partial charge on any atom is -0.508 e. The molecule has 2 rings (SSSR count). The van der Waals surface area contributed by atoms with Gasteiger partial charge in [0.2, 0.25) is 5.91 Å². The fourth-order valence-corrected chi connectivity index (χ4v) is 2.52. The zero-order valence-electron chi connectivity index (χ0n) is 12.7. The van der Waals surface area contributed by atoms with Gasteiger partial charge in [0.25, 0.3) is 0 Å². The van der Waals surface area contributed by atoms with Crippen molar-refractivity contribution in [3.05, 3.63) is 29.8 Å². The van der Waals surface area contributed by atoms with E-state index in [1.807, 2.05) is 0 Å². The number of nitrogens with zero attached hydrogens (tertiary/aromatic N) is 1. The summed E-state index contributed by atoms with van der Waals surface area (Å²) in [4.78, 5) is 36.1. The summed E-state index contributed by atoms with van der Waals surface area (Å²) in [6, 6.07) is 3.79. The molecular formula is C15H19N3O5. The molecule has 0 aromatic heterocycles. The quantitative estimate of drug-likeness (QED) is 0.641. The molecule has 4 N–H and O–H groups in total. The van der Waals surface area contributed by atoms with Gasteiger partial charge in [-0.3, -0.25) is 4.79 Å². The number of carboxylic acid groups (broad SMARTS) is 1. The summed E-state index contributed by atoms with van der Waals surface area (Å²) in [6.45, 7) is 2.19. The van der Waals surface area contributed by atoms with Crippen LogP contribution in [-0.4, -0.2) is 52.2 Å². The highest BCUT2D eigenvalue weighted by atomic mass is 16.4. The van der Waals surface area contributed by atoms with Crippen LogP contribution in [0.15, 0.2) is 24.3 Å². The van der Waals surface area contributed by atoms with Crippen LogP contribution in [0, 0.1) is 0 Å². The van der Waals surface area contributed by atoms with Gasteiger partial charge in [-0.25, -0.2) is 9.59 Å². The molecule has 0 bridgehead atoms. The average Bonchev–Trinajstić information content (AvgIpc) is 2.93. The topological polar surface area (TPSA) is 119 Å². The molecule has 1 fully saturated rings. The first-order valence-electron chi connectivity index (χ1n) is 7.21. The van der Waals surface area contributed by atoms with Crippen LogP contribution in [0.1, 0.15) is 24.9 Å². The van der Waals surface area contributed by atoms with Gasteiger partial charge in [0, 0.05) is 26.1 Å². The molecule has 1 aliphatic heterocycles. The van der Waals surface area contributed by atoms with Crippen LogP contribution in [-0.2, 0) is 9.59 Å². The zero-order chi connectivity index (χ0) is 17.0. The van der Waals surface area contributed by atoms with E-state index < -0.39 is 18.0 Å². The Bertz CT molecular complexity index is 602. The number of aromatic hydroxyl groups is 1. The van der Waals surface area contributed by atoms with E-state index in [-0.39, 0.29) is 17.7 Å². The normalized spacial score (nSPS) is 18.3. The second-order valence-electron chi connectivity index (χ2n) is 5.44. The molecule has 1 aromatic rings. The number of urea groups is 1. The van der Waals surface area contributed by atoms with Crippen molar-refractivity contribution in [1.29, 1.82) is 0 Å². The predicted molar refractivity (Wildman–Crippen MR) is 80.8 cm³/mol. The van der Waals surface area contributed by atoms with Gasteiger partial charge in [-0.05, 0) is 24.1 Å². The molecule has 0 radical (unpaired) electrons. The van der Waals surface area contributed by atoms with Gasteiger partial charge in [-0.1, -0.05) is 12.1 Å². The van der Waals surface area contributed by atoms with Crippen molar-refractivity contribution in [2.24, 2.45) is 0 Å². The van der Waals surface area contributed by atoms with Crippen molar-refractivity contribution >= 4 is 17.9 Å². The standard InChI is InChI=1S/C15H19N3O5/c1-9(19)16-11-6-7-18(8-11)15(23)17-13(14(21)22)10-2-4-12(20)5-3-10/h2-5,11,13,20H,6-8H2,1H3,(H,16,19)(H,17,23)(H,21,22). The lowest BCUT2D eigenvalue weighted by molar-refractivity contribution is -0.139. The van der Waals surface area contributed by atoms with Gasteiger partial charge >= 0.3 is 12.0 Å². The molecule has 1 saturated heterocycles. The Kier molecular flexibility index (Phi) is 5.05. The van der Waals surface area contributed by atoms with Crippen LogP contribution < -0.4 is 10.6 Å². The summed E-state index contributed by atoms with van der Waals surface area (Å²) < 4.78 is 0. The molecule has 3 amide bonds. The maximum atomic E-state index is 12.2. The van der Waals surface area contributed by atoms with E-state index in [0.29, 0.717) is 25.1 Å². The highest BCUT2D eigenvalue weighted by Crippen LogP contribution is 2.18. The number of phenols is 1. The third-order valence-electron chi connectivity index (χ3n) is 3.62. The average molecular weight is 321 g/mol.